The number of carbonyl (C=O) groups excluding carboxylic acids is 1. The molecule has 2 fully saturated rings. The number of ether oxygens (including phenoxy) is 4. The molecule has 0 aromatic heterocycles. The van der Waals surface area contributed by atoms with Crippen molar-refractivity contribution in [1.82, 2.24) is 5.32 Å². The van der Waals surface area contributed by atoms with Crippen LogP contribution in [0.4, 0.5) is 0 Å². The van der Waals surface area contributed by atoms with Gasteiger partial charge in [0.25, 0.3) is 0 Å². The molecule has 14 heteroatoms. The van der Waals surface area contributed by atoms with Crippen LogP contribution in [-0.2, 0) is 23.7 Å². The van der Waals surface area contributed by atoms with Crippen molar-refractivity contribution in [2.75, 3.05) is 19.8 Å². The Morgan fingerprint density at radius 3 is 1.21 bits per heavy atom. The van der Waals surface area contributed by atoms with Crippen LogP contribution >= 0.6 is 0 Å². The van der Waals surface area contributed by atoms with Gasteiger partial charge in [-0.15, -0.1) is 0 Å². The van der Waals surface area contributed by atoms with Crippen molar-refractivity contribution in [3.63, 3.8) is 0 Å². The van der Waals surface area contributed by atoms with E-state index in [-0.39, 0.29) is 18.9 Å². The standard InChI is InChI=1S/C67H125NO13/c1-3-5-7-9-11-13-15-17-19-21-23-25-26-27-28-29-31-32-34-36-38-40-42-44-46-48-50-56(71)55(54-78-66-64(77)62(75)65(58(53-70)80-66)81-67-63(76)61(74)60(73)57(52-69)79-67)68-59(72)51-49-47-45-43-41-39-37-35-33-30-24-22-20-18-16-14-12-10-8-6-4-2/h32,34,40,42,48,50,55-58,60-67,69-71,73-77H,3-31,33,35-39,41,43-47,49,51-54H2,1-2H3,(H,68,72)/b34-32+,42-40+,50-48+. The van der Waals surface area contributed by atoms with E-state index in [1.54, 1.807) is 6.08 Å². The highest BCUT2D eigenvalue weighted by molar-refractivity contribution is 5.76. The Labute approximate surface area is 493 Å². The van der Waals surface area contributed by atoms with Gasteiger partial charge in [-0.1, -0.05) is 275 Å². The Bertz CT molecular complexity index is 1500. The summed E-state index contributed by atoms with van der Waals surface area (Å²) in [7, 11) is 0. The summed E-state index contributed by atoms with van der Waals surface area (Å²) in [6.45, 7) is 2.82. The minimum Gasteiger partial charge on any atom is -0.394 e. The molecule has 2 rings (SSSR count). The molecule has 0 aliphatic carbocycles. The Hall–Kier alpha value is -1.79. The number of aliphatic hydroxyl groups is 8. The van der Waals surface area contributed by atoms with E-state index in [0.717, 1.165) is 44.9 Å². The molecule has 2 heterocycles. The van der Waals surface area contributed by atoms with Crippen LogP contribution < -0.4 is 5.32 Å². The predicted molar refractivity (Wildman–Crippen MR) is 328 cm³/mol. The molecular formula is C67H125NO13. The third kappa shape index (κ3) is 37.4. The van der Waals surface area contributed by atoms with Crippen LogP contribution in [0.2, 0.25) is 0 Å². The highest BCUT2D eigenvalue weighted by Crippen LogP contribution is 2.30. The van der Waals surface area contributed by atoms with Gasteiger partial charge in [-0.3, -0.25) is 4.79 Å². The maximum Gasteiger partial charge on any atom is 0.220 e. The maximum atomic E-state index is 13.3. The highest BCUT2D eigenvalue weighted by Gasteiger charge is 2.51. The van der Waals surface area contributed by atoms with Crippen LogP contribution in [0.15, 0.2) is 36.5 Å². The first kappa shape index (κ1) is 75.3. The summed E-state index contributed by atoms with van der Waals surface area (Å²) in [4.78, 5) is 13.3. The van der Waals surface area contributed by atoms with Gasteiger partial charge < -0.3 is 65.1 Å². The summed E-state index contributed by atoms with van der Waals surface area (Å²) in [5.74, 6) is -0.248. The predicted octanol–water partition coefficient (Wildman–Crippen LogP) is 13.0. The van der Waals surface area contributed by atoms with Crippen LogP contribution in [0, 0.1) is 0 Å². The Balaban J connectivity index is 1.73. The van der Waals surface area contributed by atoms with Gasteiger partial charge in [-0.25, -0.2) is 0 Å². The summed E-state index contributed by atoms with van der Waals surface area (Å²) >= 11 is 0. The first-order valence-electron chi connectivity index (χ1n) is 33.7. The lowest BCUT2D eigenvalue weighted by molar-refractivity contribution is -0.359. The normalized spacial score (nSPS) is 24.3. The fourth-order valence-corrected chi connectivity index (χ4v) is 11.2. The minimum atomic E-state index is -1.79. The van der Waals surface area contributed by atoms with Crippen molar-refractivity contribution in [1.29, 1.82) is 0 Å². The molecule has 1 amide bonds. The van der Waals surface area contributed by atoms with Gasteiger partial charge in [0.15, 0.2) is 12.6 Å². The molecule has 0 saturated carbocycles. The van der Waals surface area contributed by atoms with E-state index < -0.39 is 86.8 Å². The number of hydrogen-bond donors (Lipinski definition) is 9. The van der Waals surface area contributed by atoms with Crippen LogP contribution in [0.25, 0.3) is 0 Å². The molecule has 0 radical (unpaired) electrons. The molecule has 0 aromatic carbocycles. The zero-order valence-corrected chi connectivity index (χ0v) is 51.5. The second kappa shape index (κ2) is 52.5. The number of aliphatic hydroxyl groups excluding tert-OH is 8. The number of amides is 1. The summed E-state index contributed by atoms with van der Waals surface area (Å²) in [5, 5.41) is 87.3. The lowest BCUT2D eigenvalue weighted by Crippen LogP contribution is -2.65. The second-order valence-electron chi connectivity index (χ2n) is 23.9. The summed E-state index contributed by atoms with van der Waals surface area (Å²) in [6.07, 6.45) is 49.1. The van der Waals surface area contributed by atoms with Gasteiger partial charge in [0, 0.05) is 6.42 Å². The quantitative estimate of drug-likeness (QED) is 0.0204. The average Bonchev–Trinajstić information content (AvgIpc) is 3.48. The van der Waals surface area contributed by atoms with Gasteiger partial charge in [-0.2, -0.15) is 0 Å². The third-order valence-electron chi connectivity index (χ3n) is 16.6. The number of allylic oxidation sites excluding steroid dienone is 5. The van der Waals surface area contributed by atoms with Crippen LogP contribution in [0.3, 0.4) is 0 Å². The Morgan fingerprint density at radius 2 is 0.790 bits per heavy atom. The van der Waals surface area contributed by atoms with Crippen molar-refractivity contribution in [2.24, 2.45) is 0 Å². The van der Waals surface area contributed by atoms with E-state index in [9.17, 15) is 45.6 Å². The molecule has 9 N–H and O–H groups in total. The topological polar surface area (TPSA) is 228 Å². The van der Waals surface area contributed by atoms with Crippen molar-refractivity contribution in [3.05, 3.63) is 36.5 Å². The van der Waals surface area contributed by atoms with E-state index in [0.29, 0.717) is 12.8 Å². The van der Waals surface area contributed by atoms with Crippen LogP contribution in [0.5, 0.6) is 0 Å². The Kier molecular flexibility index (Phi) is 48.8. The molecule has 12 unspecified atom stereocenters. The summed E-state index contributed by atoms with van der Waals surface area (Å²) in [5.41, 5.74) is 0. The van der Waals surface area contributed by atoms with E-state index in [1.807, 2.05) is 6.08 Å². The lowest BCUT2D eigenvalue weighted by Gasteiger charge is -2.46. The Morgan fingerprint density at radius 1 is 0.432 bits per heavy atom. The smallest absolute Gasteiger partial charge is 0.220 e. The minimum absolute atomic E-state index is 0.248. The molecule has 2 aliphatic heterocycles. The first-order valence-corrected chi connectivity index (χ1v) is 33.7. The molecule has 476 valence electrons. The fraction of sp³-hybridized carbons (Fsp3) is 0.896. The molecule has 14 nitrogen and oxygen atoms in total. The van der Waals surface area contributed by atoms with Gasteiger partial charge in [0.1, 0.15) is 48.8 Å². The molecule has 0 bridgehead atoms. The van der Waals surface area contributed by atoms with Crippen LogP contribution in [0.1, 0.15) is 290 Å². The van der Waals surface area contributed by atoms with Gasteiger partial charge in [0.05, 0.1) is 32.0 Å². The molecule has 2 aliphatic rings. The molecule has 12 atom stereocenters. The number of hydrogen-bond acceptors (Lipinski definition) is 13. The first-order chi connectivity index (χ1) is 39.6. The van der Waals surface area contributed by atoms with Crippen molar-refractivity contribution in [2.45, 2.75) is 364 Å². The van der Waals surface area contributed by atoms with Crippen molar-refractivity contribution >= 4 is 5.91 Å². The van der Waals surface area contributed by atoms with E-state index >= 15 is 0 Å². The molecule has 81 heavy (non-hydrogen) atoms. The SMILES string of the molecule is CCCCCCCCCCCCCCCCCC/C=C/CC/C=C/CC/C=C/C(O)C(COC1OC(CO)C(OC2OC(CO)C(O)C(O)C2O)C(O)C1O)NC(=O)CCCCCCCCCCCCCCCCCCCCCCC. The van der Waals surface area contributed by atoms with Crippen molar-refractivity contribution in [3.8, 4) is 0 Å². The zero-order valence-electron chi connectivity index (χ0n) is 51.5. The van der Waals surface area contributed by atoms with E-state index in [1.165, 1.54) is 212 Å². The van der Waals surface area contributed by atoms with Gasteiger partial charge in [-0.05, 0) is 44.9 Å². The van der Waals surface area contributed by atoms with E-state index in [4.69, 9.17) is 18.9 Å². The average molecular weight is 1150 g/mol. The fourth-order valence-electron chi connectivity index (χ4n) is 11.2. The monoisotopic (exact) mass is 1150 g/mol. The number of carbonyl (C=O) groups is 1. The molecule has 2 saturated heterocycles. The van der Waals surface area contributed by atoms with E-state index in [2.05, 4.69) is 43.5 Å². The largest absolute Gasteiger partial charge is 0.394 e. The highest BCUT2D eigenvalue weighted by atomic mass is 16.7. The molecule has 0 aromatic rings. The van der Waals surface area contributed by atoms with Crippen molar-refractivity contribution < 1.29 is 64.6 Å². The van der Waals surface area contributed by atoms with Gasteiger partial charge in [0.2, 0.25) is 5.91 Å². The molecular weight excluding hydrogens is 1030 g/mol. The lowest BCUT2D eigenvalue weighted by atomic mass is 9.97. The number of rotatable bonds is 55. The van der Waals surface area contributed by atoms with Gasteiger partial charge >= 0.3 is 0 Å². The number of nitrogens with one attached hydrogen (secondary N) is 1. The zero-order chi connectivity index (χ0) is 58.8. The summed E-state index contributed by atoms with van der Waals surface area (Å²) < 4.78 is 22.8. The third-order valence-corrected chi connectivity index (χ3v) is 16.6. The number of unbranched alkanes of at least 4 members (excludes halogenated alkanes) is 38. The van der Waals surface area contributed by atoms with Crippen LogP contribution in [-0.4, -0.2) is 140 Å². The summed E-state index contributed by atoms with van der Waals surface area (Å²) in [6, 6.07) is -0.936. The molecule has 0 spiro atoms. The maximum absolute atomic E-state index is 13.3. The second-order valence-corrected chi connectivity index (χ2v) is 23.9.